The van der Waals surface area contributed by atoms with Crippen molar-refractivity contribution >= 4 is 5.69 Å². The SMILES string of the molecule is Cc1ccc(N(CCC(C)C)C2CC2)c(C#N)c1. The highest BCUT2D eigenvalue weighted by Gasteiger charge is 2.30. The van der Waals surface area contributed by atoms with Gasteiger partial charge >= 0.3 is 0 Å². The minimum atomic E-state index is 0.665. The summed E-state index contributed by atoms with van der Waals surface area (Å²) in [5.41, 5.74) is 3.12. The van der Waals surface area contributed by atoms with Crippen LogP contribution in [-0.2, 0) is 0 Å². The van der Waals surface area contributed by atoms with Crippen LogP contribution in [0, 0.1) is 24.2 Å². The fourth-order valence-electron chi connectivity index (χ4n) is 2.27. The van der Waals surface area contributed by atoms with Crippen LogP contribution in [-0.4, -0.2) is 12.6 Å². The number of nitriles is 1. The van der Waals surface area contributed by atoms with Gasteiger partial charge in [-0.2, -0.15) is 5.26 Å². The zero-order valence-electron chi connectivity index (χ0n) is 11.6. The Bertz CT molecular complexity index is 453. The zero-order chi connectivity index (χ0) is 13.1. The van der Waals surface area contributed by atoms with Gasteiger partial charge in [0.2, 0.25) is 0 Å². The third-order valence-corrected chi connectivity index (χ3v) is 3.52. The summed E-state index contributed by atoms with van der Waals surface area (Å²) in [6, 6.07) is 9.24. The van der Waals surface area contributed by atoms with Crippen LogP contribution in [0.5, 0.6) is 0 Å². The van der Waals surface area contributed by atoms with Gasteiger partial charge in [-0.05, 0) is 49.8 Å². The molecule has 1 aliphatic carbocycles. The van der Waals surface area contributed by atoms with E-state index in [-0.39, 0.29) is 0 Å². The lowest BCUT2D eigenvalue weighted by atomic mass is 10.1. The van der Waals surface area contributed by atoms with Gasteiger partial charge in [0, 0.05) is 12.6 Å². The van der Waals surface area contributed by atoms with Gasteiger partial charge in [0.15, 0.2) is 0 Å². The van der Waals surface area contributed by atoms with Crippen LogP contribution >= 0.6 is 0 Å². The standard InChI is InChI=1S/C16H22N2/c1-12(2)8-9-18(15-5-6-15)16-7-4-13(3)10-14(16)11-17/h4,7,10,12,15H,5-6,8-9H2,1-3H3. The number of hydrogen-bond donors (Lipinski definition) is 0. The summed E-state index contributed by atoms with van der Waals surface area (Å²) >= 11 is 0. The predicted octanol–water partition coefficient (Wildman–Crippen LogP) is 3.88. The quantitative estimate of drug-likeness (QED) is 0.783. The molecule has 0 amide bonds. The average molecular weight is 242 g/mol. The minimum Gasteiger partial charge on any atom is -0.367 e. The van der Waals surface area contributed by atoms with Crippen molar-refractivity contribution in [1.82, 2.24) is 0 Å². The van der Waals surface area contributed by atoms with E-state index in [1.807, 2.05) is 13.0 Å². The van der Waals surface area contributed by atoms with Crippen LogP contribution in [0.15, 0.2) is 18.2 Å². The van der Waals surface area contributed by atoms with E-state index in [4.69, 9.17) is 0 Å². The molecule has 0 heterocycles. The summed E-state index contributed by atoms with van der Waals surface area (Å²) in [5, 5.41) is 9.29. The van der Waals surface area contributed by atoms with Crippen LogP contribution in [0.2, 0.25) is 0 Å². The van der Waals surface area contributed by atoms with Crippen molar-refractivity contribution in [2.24, 2.45) is 5.92 Å². The summed E-state index contributed by atoms with van der Waals surface area (Å²) in [6.07, 6.45) is 3.74. The molecular formula is C16H22N2. The highest BCUT2D eigenvalue weighted by Crippen LogP contribution is 2.34. The third kappa shape index (κ3) is 3.04. The van der Waals surface area contributed by atoms with Crippen molar-refractivity contribution in [1.29, 1.82) is 5.26 Å². The average Bonchev–Trinajstić information content (AvgIpc) is 3.15. The van der Waals surface area contributed by atoms with E-state index in [2.05, 4.69) is 36.9 Å². The lowest BCUT2D eigenvalue weighted by molar-refractivity contribution is 0.570. The number of anilines is 1. The number of nitrogens with zero attached hydrogens (tertiary/aromatic N) is 2. The van der Waals surface area contributed by atoms with Crippen molar-refractivity contribution in [3.05, 3.63) is 29.3 Å². The number of aryl methyl sites for hydroxylation is 1. The largest absolute Gasteiger partial charge is 0.367 e. The summed E-state index contributed by atoms with van der Waals surface area (Å²) < 4.78 is 0. The fourth-order valence-corrected chi connectivity index (χ4v) is 2.27. The van der Waals surface area contributed by atoms with Gasteiger partial charge in [0.1, 0.15) is 6.07 Å². The van der Waals surface area contributed by atoms with E-state index in [1.165, 1.54) is 19.3 Å². The van der Waals surface area contributed by atoms with E-state index in [0.29, 0.717) is 12.0 Å². The van der Waals surface area contributed by atoms with E-state index >= 15 is 0 Å². The number of hydrogen-bond acceptors (Lipinski definition) is 2. The van der Waals surface area contributed by atoms with Gasteiger partial charge < -0.3 is 4.90 Å². The zero-order valence-corrected chi connectivity index (χ0v) is 11.6. The molecule has 0 radical (unpaired) electrons. The molecule has 0 atom stereocenters. The molecule has 0 bridgehead atoms. The van der Waals surface area contributed by atoms with Gasteiger partial charge in [0.05, 0.1) is 11.3 Å². The minimum absolute atomic E-state index is 0.665. The molecule has 1 saturated carbocycles. The van der Waals surface area contributed by atoms with Crippen LogP contribution in [0.3, 0.4) is 0 Å². The Morgan fingerprint density at radius 1 is 1.39 bits per heavy atom. The molecule has 1 fully saturated rings. The highest BCUT2D eigenvalue weighted by atomic mass is 15.2. The third-order valence-electron chi connectivity index (χ3n) is 3.52. The predicted molar refractivity (Wildman–Crippen MR) is 75.7 cm³/mol. The molecule has 2 heteroatoms. The second-order valence-corrected chi connectivity index (χ2v) is 5.74. The molecule has 0 aromatic heterocycles. The van der Waals surface area contributed by atoms with Gasteiger partial charge in [-0.25, -0.2) is 0 Å². The maximum atomic E-state index is 9.29. The molecule has 1 aliphatic rings. The maximum absolute atomic E-state index is 9.29. The Labute approximate surface area is 110 Å². The molecule has 0 spiro atoms. The Morgan fingerprint density at radius 2 is 2.11 bits per heavy atom. The van der Waals surface area contributed by atoms with Crippen molar-refractivity contribution in [3.8, 4) is 6.07 Å². The molecule has 2 nitrogen and oxygen atoms in total. The second kappa shape index (κ2) is 5.44. The molecule has 96 valence electrons. The van der Waals surface area contributed by atoms with Crippen molar-refractivity contribution < 1.29 is 0 Å². The first-order chi connectivity index (χ1) is 8.61. The number of benzene rings is 1. The van der Waals surface area contributed by atoms with Crippen LogP contribution in [0.25, 0.3) is 0 Å². The normalized spacial score (nSPS) is 14.6. The van der Waals surface area contributed by atoms with Gasteiger partial charge in [-0.3, -0.25) is 0 Å². The van der Waals surface area contributed by atoms with Gasteiger partial charge in [-0.1, -0.05) is 19.9 Å². The van der Waals surface area contributed by atoms with E-state index < -0.39 is 0 Å². The molecule has 18 heavy (non-hydrogen) atoms. The lowest BCUT2D eigenvalue weighted by Crippen LogP contribution is -2.28. The molecule has 0 N–H and O–H groups in total. The maximum Gasteiger partial charge on any atom is 0.101 e. The summed E-state index contributed by atoms with van der Waals surface area (Å²) in [5.74, 6) is 0.710. The Kier molecular flexibility index (Phi) is 3.91. The van der Waals surface area contributed by atoms with Crippen molar-refractivity contribution in [2.75, 3.05) is 11.4 Å². The lowest BCUT2D eigenvalue weighted by Gasteiger charge is -2.26. The Balaban J connectivity index is 2.22. The molecule has 1 aromatic carbocycles. The first kappa shape index (κ1) is 13.0. The summed E-state index contributed by atoms with van der Waals surface area (Å²) in [6.45, 7) is 7.62. The van der Waals surface area contributed by atoms with E-state index in [9.17, 15) is 5.26 Å². The van der Waals surface area contributed by atoms with Crippen LogP contribution < -0.4 is 4.90 Å². The van der Waals surface area contributed by atoms with Gasteiger partial charge in [0.25, 0.3) is 0 Å². The molecule has 0 aliphatic heterocycles. The van der Waals surface area contributed by atoms with Crippen LogP contribution in [0.4, 0.5) is 5.69 Å². The van der Waals surface area contributed by atoms with E-state index in [1.54, 1.807) is 0 Å². The van der Waals surface area contributed by atoms with E-state index in [0.717, 1.165) is 23.4 Å². The molecule has 2 rings (SSSR count). The fraction of sp³-hybridized carbons (Fsp3) is 0.562. The molecule has 1 aromatic rings. The topological polar surface area (TPSA) is 27.0 Å². The van der Waals surface area contributed by atoms with Gasteiger partial charge in [-0.15, -0.1) is 0 Å². The number of rotatable bonds is 5. The second-order valence-electron chi connectivity index (χ2n) is 5.74. The monoisotopic (exact) mass is 242 g/mol. The first-order valence-electron chi connectivity index (χ1n) is 6.89. The Hall–Kier alpha value is -1.49. The smallest absolute Gasteiger partial charge is 0.101 e. The first-order valence-corrected chi connectivity index (χ1v) is 6.89. The Morgan fingerprint density at radius 3 is 2.67 bits per heavy atom. The molecule has 0 saturated heterocycles. The van der Waals surface area contributed by atoms with Crippen LogP contribution in [0.1, 0.15) is 44.2 Å². The van der Waals surface area contributed by atoms with Crippen molar-refractivity contribution in [3.63, 3.8) is 0 Å². The summed E-state index contributed by atoms with van der Waals surface area (Å²) in [7, 11) is 0. The summed E-state index contributed by atoms with van der Waals surface area (Å²) in [4.78, 5) is 2.44. The molecular weight excluding hydrogens is 220 g/mol. The molecule has 0 unspecified atom stereocenters. The highest BCUT2D eigenvalue weighted by molar-refractivity contribution is 5.61. The van der Waals surface area contributed by atoms with Crippen molar-refractivity contribution in [2.45, 2.75) is 46.1 Å².